The molecular formula is C16H22O2. The van der Waals surface area contributed by atoms with Gasteiger partial charge in [-0.25, -0.2) is 0 Å². The molecule has 1 aromatic carbocycles. The molecule has 2 nitrogen and oxygen atoms in total. The van der Waals surface area contributed by atoms with Gasteiger partial charge in [-0.2, -0.15) is 0 Å². The molecule has 0 aliphatic heterocycles. The molecule has 1 aliphatic carbocycles. The van der Waals surface area contributed by atoms with Gasteiger partial charge < -0.3 is 4.74 Å². The van der Waals surface area contributed by atoms with Crippen LogP contribution in [0.1, 0.15) is 43.2 Å². The number of Topliss-reactive ketones (excluding diaryl/α,β-unsaturated/α-hetero) is 1. The summed E-state index contributed by atoms with van der Waals surface area (Å²) in [5.41, 5.74) is 1.79. The fourth-order valence-corrected chi connectivity index (χ4v) is 2.89. The lowest BCUT2D eigenvalue weighted by molar-refractivity contribution is -0.144. The molecule has 2 rings (SSSR count). The second-order valence-electron chi connectivity index (χ2n) is 5.35. The quantitative estimate of drug-likeness (QED) is 0.813. The van der Waals surface area contributed by atoms with E-state index in [9.17, 15) is 4.79 Å². The zero-order valence-electron chi connectivity index (χ0n) is 11.4. The molecule has 0 aromatic heterocycles. The minimum Gasteiger partial charge on any atom is -0.370 e. The highest BCUT2D eigenvalue weighted by Gasteiger charge is 2.38. The van der Waals surface area contributed by atoms with Crippen molar-refractivity contribution in [2.45, 2.75) is 51.0 Å². The fourth-order valence-electron chi connectivity index (χ4n) is 2.89. The fraction of sp³-hybridized carbons (Fsp3) is 0.562. The number of aryl methyl sites for hydroxylation is 1. The molecule has 98 valence electrons. The number of rotatable bonds is 4. The first-order chi connectivity index (χ1) is 8.66. The highest BCUT2D eigenvalue weighted by Crippen LogP contribution is 2.32. The molecule has 0 amide bonds. The number of benzene rings is 1. The van der Waals surface area contributed by atoms with E-state index in [0.717, 1.165) is 31.2 Å². The van der Waals surface area contributed by atoms with E-state index >= 15 is 0 Å². The van der Waals surface area contributed by atoms with Crippen molar-refractivity contribution in [3.63, 3.8) is 0 Å². The summed E-state index contributed by atoms with van der Waals surface area (Å²) in [6.45, 7) is 2.06. The van der Waals surface area contributed by atoms with Crippen molar-refractivity contribution in [3.8, 4) is 0 Å². The number of hydrogen-bond acceptors (Lipinski definition) is 2. The molecular weight excluding hydrogens is 224 g/mol. The second-order valence-corrected chi connectivity index (χ2v) is 5.35. The Labute approximate surface area is 109 Å². The molecule has 0 spiro atoms. The van der Waals surface area contributed by atoms with Crippen LogP contribution in [-0.4, -0.2) is 18.5 Å². The summed E-state index contributed by atoms with van der Waals surface area (Å²) in [7, 11) is 1.68. The van der Waals surface area contributed by atoms with E-state index in [1.807, 2.05) is 12.1 Å². The van der Waals surface area contributed by atoms with Crippen LogP contribution in [0, 0.1) is 6.92 Å². The standard InChI is InChI=1S/C16H22O2/c1-13-7-6-8-14(11-13)12-15(17)16(18-2)9-4-3-5-10-16/h6-8,11H,3-5,9-10,12H2,1-2H3. The Kier molecular flexibility index (Phi) is 4.18. The Hall–Kier alpha value is -1.15. The lowest BCUT2D eigenvalue weighted by Gasteiger charge is -2.34. The van der Waals surface area contributed by atoms with Crippen LogP contribution in [0.15, 0.2) is 24.3 Å². The van der Waals surface area contributed by atoms with Crippen LogP contribution in [0.5, 0.6) is 0 Å². The van der Waals surface area contributed by atoms with Crippen LogP contribution in [0.4, 0.5) is 0 Å². The van der Waals surface area contributed by atoms with E-state index in [4.69, 9.17) is 4.74 Å². The predicted molar refractivity (Wildman–Crippen MR) is 72.7 cm³/mol. The average Bonchev–Trinajstić information content (AvgIpc) is 2.39. The van der Waals surface area contributed by atoms with Gasteiger partial charge in [0, 0.05) is 13.5 Å². The van der Waals surface area contributed by atoms with Gasteiger partial charge in [-0.15, -0.1) is 0 Å². The molecule has 2 heteroatoms. The third-order valence-corrected chi connectivity index (χ3v) is 4.01. The molecule has 1 aliphatic rings. The van der Waals surface area contributed by atoms with Crippen LogP contribution < -0.4 is 0 Å². The summed E-state index contributed by atoms with van der Waals surface area (Å²) in [4.78, 5) is 12.5. The van der Waals surface area contributed by atoms with Gasteiger partial charge in [0.05, 0.1) is 0 Å². The van der Waals surface area contributed by atoms with Crippen molar-refractivity contribution < 1.29 is 9.53 Å². The summed E-state index contributed by atoms with van der Waals surface area (Å²) in [6, 6.07) is 8.18. The summed E-state index contributed by atoms with van der Waals surface area (Å²) in [5.74, 6) is 0.246. The maximum Gasteiger partial charge on any atom is 0.168 e. The van der Waals surface area contributed by atoms with Gasteiger partial charge in [-0.05, 0) is 25.3 Å². The van der Waals surface area contributed by atoms with E-state index in [-0.39, 0.29) is 5.78 Å². The molecule has 1 saturated carbocycles. The zero-order chi connectivity index (χ0) is 13.0. The summed E-state index contributed by atoms with van der Waals surface area (Å²) >= 11 is 0. The average molecular weight is 246 g/mol. The van der Waals surface area contributed by atoms with Gasteiger partial charge in [0.25, 0.3) is 0 Å². The topological polar surface area (TPSA) is 26.3 Å². The van der Waals surface area contributed by atoms with Crippen LogP contribution >= 0.6 is 0 Å². The van der Waals surface area contributed by atoms with Gasteiger partial charge in [0.1, 0.15) is 5.60 Å². The first-order valence-corrected chi connectivity index (χ1v) is 6.80. The van der Waals surface area contributed by atoms with E-state index in [1.54, 1.807) is 7.11 Å². The molecule has 0 N–H and O–H groups in total. The third kappa shape index (κ3) is 2.81. The number of carbonyl (C=O) groups is 1. The normalized spacial score (nSPS) is 18.6. The number of carbonyl (C=O) groups excluding carboxylic acids is 1. The molecule has 1 aromatic rings. The summed E-state index contributed by atoms with van der Waals surface area (Å²) < 4.78 is 5.59. The van der Waals surface area contributed by atoms with E-state index in [2.05, 4.69) is 19.1 Å². The minimum atomic E-state index is -0.512. The van der Waals surface area contributed by atoms with Crippen molar-refractivity contribution in [2.24, 2.45) is 0 Å². The van der Waals surface area contributed by atoms with Crippen molar-refractivity contribution in [2.75, 3.05) is 7.11 Å². The highest BCUT2D eigenvalue weighted by molar-refractivity contribution is 5.89. The van der Waals surface area contributed by atoms with E-state index < -0.39 is 5.60 Å². The smallest absolute Gasteiger partial charge is 0.168 e. The lowest BCUT2D eigenvalue weighted by Crippen LogP contribution is -2.43. The number of ketones is 1. The molecule has 0 bridgehead atoms. The van der Waals surface area contributed by atoms with Gasteiger partial charge in [-0.3, -0.25) is 4.79 Å². The van der Waals surface area contributed by atoms with Crippen molar-refractivity contribution in [1.29, 1.82) is 0 Å². The lowest BCUT2D eigenvalue weighted by atomic mass is 9.79. The monoisotopic (exact) mass is 246 g/mol. The highest BCUT2D eigenvalue weighted by atomic mass is 16.5. The Bertz CT molecular complexity index is 417. The third-order valence-electron chi connectivity index (χ3n) is 4.01. The Morgan fingerprint density at radius 3 is 2.61 bits per heavy atom. The minimum absolute atomic E-state index is 0.246. The number of hydrogen-bond donors (Lipinski definition) is 0. The molecule has 0 radical (unpaired) electrons. The summed E-state index contributed by atoms with van der Waals surface area (Å²) in [5, 5.41) is 0. The number of methoxy groups -OCH3 is 1. The summed E-state index contributed by atoms with van der Waals surface area (Å²) in [6.07, 6.45) is 5.70. The zero-order valence-corrected chi connectivity index (χ0v) is 11.4. The van der Waals surface area contributed by atoms with E-state index in [0.29, 0.717) is 6.42 Å². The van der Waals surface area contributed by atoms with Gasteiger partial charge >= 0.3 is 0 Å². The van der Waals surface area contributed by atoms with Crippen LogP contribution in [-0.2, 0) is 16.0 Å². The van der Waals surface area contributed by atoms with E-state index in [1.165, 1.54) is 12.0 Å². The Balaban J connectivity index is 2.10. The first-order valence-electron chi connectivity index (χ1n) is 6.80. The first kappa shape index (κ1) is 13.3. The Morgan fingerprint density at radius 1 is 1.28 bits per heavy atom. The molecule has 0 unspecified atom stereocenters. The molecule has 18 heavy (non-hydrogen) atoms. The van der Waals surface area contributed by atoms with Gasteiger partial charge in [0.15, 0.2) is 5.78 Å². The molecule has 0 heterocycles. The van der Waals surface area contributed by atoms with Crippen LogP contribution in [0.25, 0.3) is 0 Å². The maximum absolute atomic E-state index is 12.5. The predicted octanol–water partition coefficient (Wildman–Crippen LogP) is 3.46. The SMILES string of the molecule is COC1(C(=O)Cc2cccc(C)c2)CCCCC1. The molecule has 1 fully saturated rings. The largest absolute Gasteiger partial charge is 0.370 e. The molecule has 0 atom stereocenters. The second kappa shape index (κ2) is 5.66. The van der Waals surface area contributed by atoms with Crippen molar-refractivity contribution in [1.82, 2.24) is 0 Å². The Morgan fingerprint density at radius 2 is 2.00 bits per heavy atom. The van der Waals surface area contributed by atoms with Crippen LogP contribution in [0.3, 0.4) is 0 Å². The number of ether oxygens (including phenoxy) is 1. The van der Waals surface area contributed by atoms with Crippen LogP contribution in [0.2, 0.25) is 0 Å². The van der Waals surface area contributed by atoms with Crippen molar-refractivity contribution in [3.05, 3.63) is 35.4 Å². The molecule has 0 saturated heterocycles. The van der Waals surface area contributed by atoms with Crippen molar-refractivity contribution >= 4 is 5.78 Å². The van der Waals surface area contributed by atoms with Gasteiger partial charge in [-0.1, -0.05) is 49.1 Å². The maximum atomic E-state index is 12.5. The van der Waals surface area contributed by atoms with Gasteiger partial charge in [0.2, 0.25) is 0 Å².